The van der Waals surface area contributed by atoms with Crippen molar-refractivity contribution in [1.82, 2.24) is 10.9 Å². The zero-order valence-electron chi connectivity index (χ0n) is 15.4. The number of esters is 1. The second kappa shape index (κ2) is 10.7. The molecule has 0 aliphatic rings. The number of carbonyl (C=O) groups is 4. The highest BCUT2D eigenvalue weighted by atomic mass is 35.5. The van der Waals surface area contributed by atoms with Gasteiger partial charge < -0.3 is 4.74 Å². The molecule has 2 amide bonds. The van der Waals surface area contributed by atoms with Crippen LogP contribution in [0.2, 0.25) is 5.02 Å². The molecule has 0 unspecified atom stereocenters. The lowest BCUT2D eigenvalue weighted by Gasteiger charge is -2.08. The first kappa shape index (κ1) is 22.5. The Hall–Kier alpha value is -3.79. The van der Waals surface area contributed by atoms with Gasteiger partial charge in [-0.3, -0.25) is 40.1 Å². The van der Waals surface area contributed by atoms with Gasteiger partial charge in [0.2, 0.25) is 5.91 Å². The number of nitro benzene ring substituents is 1. The minimum atomic E-state index is -0.794. The van der Waals surface area contributed by atoms with E-state index in [0.29, 0.717) is 0 Å². The van der Waals surface area contributed by atoms with Gasteiger partial charge in [-0.15, -0.1) is 0 Å². The number of amides is 2. The topological polar surface area (TPSA) is 145 Å². The first-order chi connectivity index (χ1) is 14.3. The third-order valence-electron chi connectivity index (χ3n) is 3.75. The fourth-order valence-electron chi connectivity index (χ4n) is 2.19. The average molecular weight is 434 g/mol. The van der Waals surface area contributed by atoms with Crippen LogP contribution in [0.4, 0.5) is 5.69 Å². The minimum absolute atomic E-state index is 0.147. The van der Waals surface area contributed by atoms with Crippen LogP contribution in [0.5, 0.6) is 0 Å². The van der Waals surface area contributed by atoms with Gasteiger partial charge in [0.25, 0.3) is 11.6 Å². The van der Waals surface area contributed by atoms with Crippen LogP contribution in [-0.2, 0) is 14.3 Å². The minimum Gasteiger partial charge on any atom is -0.457 e. The molecule has 0 aromatic heterocycles. The Morgan fingerprint density at radius 1 is 0.967 bits per heavy atom. The number of nitro groups is 1. The van der Waals surface area contributed by atoms with Crippen LogP contribution in [0, 0.1) is 10.1 Å². The SMILES string of the molecule is O=C(CCC(=O)OCC(=O)c1ccc([N+](=O)[O-])cc1)NNC(=O)c1ccccc1Cl. The smallest absolute Gasteiger partial charge is 0.306 e. The van der Waals surface area contributed by atoms with Crippen molar-refractivity contribution in [2.45, 2.75) is 12.8 Å². The summed E-state index contributed by atoms with van der Waals surface area (Å²) >= 11 is 5.87. The number of benzene rings is 2. The molecule has 156 valence electrons. The molecular formula is C19H16ClN3O7. The molecule has 2 rings (SSSR count). The Bertz CT molecular complexity index is 976. The van der Waals surface area contributed by atoms with E-state index in [1.54, 1.807) is 12.1 Å². The number of hydrogen-bond donors (Lipinski definition) is 2. The number of Topliss-reactive ketones (excluding diaryl/α,β-unsaturated/α-hetero) is 1. The molecule has 0 fully saturated rings. The fraction of sp³-hybridized carbons (Fsp3) is 0.158. The number of non-ortho nitro benzene ring substituents is 1. The van der Waals surface area contributed by atoms with E-state index in [0.717, 1.165) is 12.1 Å². The summed E-state index contributed by atoms with van der Waals surface area (Å²) < 4.78 is 4.79. The summed E-state index contributed by atoms with van der Waals surface area (Å²) in [5, 5.41) is 10.8. The molecule has 10 nitrogen and oxygen atoms in total. The van der Waals surface area contributed by atoms with E-state index in [1.165, 1.54) is 24.3 Å². The largest absolute Gasteiger partial charge is 0.457 e. The summed E-state index contributed by atoms with van der Waals surface area (Å²) in [5.41, 5.74) is 4.46. The summed E-state index contributed by atoms with van der Waals surface area (Å²) in [5.74, 6) is -2.60. The first-order valence-electron chi connectivity index (χ1n) is 8.55. The number of rotatable bonds is 8. The number of ketones is 1. The van der Waals surface area contributed by atoms with Crippen molar-refractivity contribution in [3.05, 3.63) is 74.8 Å². The summed E-state index contributed by atoms with van der Waals surface area (Å²) in [4.78, 5) is 57.2. The molecule has 11 heteroatoms. The number of hydrazine groups is 1. The highest BCUT2D eigenvalue weighted by molar-refractivity contribution is 6.33. The third-order valence-corrected chi connectivity index (χ3v) is 4.08. The predicted octanol–water partition coefficient (Wildman–Crippen LogP) is 2.22. The molecule has 2 aromatic carbocycles. The highest BCUT2D eigenvalue weighted by Gasteiger charge is 2.14. The Morgan fingerprint density at radius 3 is 2.27 bits per heavy atom. The fourth-order valence-corrected chi connectivity index (χ4v) is 2.41. The number of hydrogen-bond acceptors (Lipinski definition) is 7. The molecule has 0 aliphatic heterocycles. The Balaban J connectivity index is 1.70. The van der Waals surface area contributed by atoms with Gasteiger partial charge in [0, 0.05) is 24.1 Å². The van der Waals surface area contributed by atoms with Crippen molar-refractivity contribution in [2.24, 2.45) is 0 Å². The van der Waals surface area contributed by atoms with Gasteiger partial charge in [0.1, 0.15) is 0 Å². The van der Waals surface area contributed by atoms with Crippen molar-refractivity contribution in [2.75, 3.05) is 6.61 Å². The molecular weight excluding hydrogens is 418 g/mol. The van der Waals surface area contributed by atoms with Crippen molar-refractivity contribution in [3.8, 4) is 0 Å². The normalized spacial score (nSPS) is 10.0. The highest BCUT2D eigenvalue weighted by Crippen LogP contribution is 2.14. The number of carbonyl (C=O) groups excluding carboxylic acids is 4. The average Bonchev–Trinajstić information content (AvgIpc) is 2.74. The maximum Gasteiger partial charge on any atom is 0.306 e. The number of halogens is 1. The zero-order valence-corrected chi connectivity index (χ0v) is 16.2. The molecule has 2 aromatic rings. The van der Waals surface area contributed by atoms with Gasteiger partial charge in [0.15, 0.2) is 12.4 Å². The van der Waals surface area contributed by atoms with Crippen molar-refractivity contribution < 1.29 is 28.8 Å². The molecule has 0 aliphatic carbocycles. The van der Waals surface area contributed by atoms with Crippen LogP contribution in [-0.4, -0.2) is 35.1 Å². The maximum absolute atomic E-state index is 11.9. The molecule has 2 N–H and O–H groups in total. The predicted molar refractivity (Wildman–Crippen MR) is 105 cm³/mol. The van der Waals surface area contributed by atoms with Crippen molar-refractivity contribution in [3.63, 3.8) is 0 Å². The number of nitrogens with zero attached hydrogens (tertiary/aromatic N) is 1. The van der Waals surface area contributed by atoms with Crippen LogP contribution < -0.4 is 10.9 Å². The van der Waals surface area contributed by atoms with E-state index in [1.807, 2.05) is 0 Å². The van der Waals surface area contributed by atoms with E-state index < -0.39 is 35.1 Å². The molecule has 0 atom stereocenters. The van der Waals surface area contributed by atoms with Gasteiger partial charge >= 0.3 is 5.97 Å². The molecule has 0 radical (unpaired) electrons. The molecule has 0 heterocycles. The summed E-state index contributed by atoms with van der Waals surface area (Å²) in [6.45, 7) is -0.568. The van der Waals surface area contributed by atoms with E-state index in [4.69, 9.17) is 16.3 Å². The van der Waals surface area contributed by atoms with Gasteiger partial charge in [-0.25, -0.2) is 0 Å². The quantitative estimate of drug-likeness (QED) is 0.281. The van der Waals surface area contributed by atoms with Crippen LogP contribution in [0.1, 0.15) is 33.6 Å². The van der Waals surface area contributed by atoms with Crippen LogP contribution in [0.15, 0.2) is 48.5 Å². The standard InChI is InChI=1S/C19H16ClN3O7/c20-15-4-2-1-3-14(15)19(27)22-21-17(25)9-10-18(26)30-11-16(24)12-5-7-13(8-6-12)23(28)29/h1-8H,9-11H2,(H,21,25)(H,22,27). The first-order valence-corrected chi connectivity index (χ1v) is 8.92. The lowest BCUT2D eigenvalue weighted by atomic mass is 10.1. The van der Waals surface area contributed by atoms with Gasteiger partial charge in [-0.2, -0.15) is 0 Å². The molecule has 30 heavy (non-hydrogen) atoms. The van der Waals surface area contributed by atoms with E-state index in [9.17, 15) is 29.3 Å². The Kier molecular flexibility index (Phi) is 8.00. The molecule has 0 bridgehead atoms. The van der Waals surface area contributed by atoms with E-state index in [2.05, 4.69) is 10.9 Å². The summed E-state index contributed by atoms with van der Waals surface area (Å²) in [6.07, 6.45) is -0.602. The van der Waals surface area contributed by atoms with Gasteiger partial charge in [-0.05, 0) is 24.3 Å². The van der Waals surface area contributed by atoms with E-state index >= 15 is 0 Å². The molecule has 0 saturated heterocycles. The monoisotopic (exact) mass is 433 g/mol. The van der Waals surface area contributed by atoms with E-state index in [-0.39, 0.29) is 34.7 Å². The van der Waals surface area contributed by atoms with Crippen LogP contribution in [0.25, 0.3) is 0 Å². The van der Waals surface area contributed by atoms with Gasteiger partial charge in [0.05, 0.1) is 21.9 Å². The Morgan fingerprint density at radius 2 is 1.63 bits per heavy atom. The summed E-state index contributed by atoms with van der Waals surface area (Å²) in [6, 6.07) is 11.1. The molecule has 0 saturated carbocycles. The van der Waals surface area contributed by atoms with Crippen LogP contribution in [0.3, 0.4) is 0 Å². The molecule has 0 spiro atoms. The van der Waals surface area contributed by atoms with Crippen molar-refractivity contribution in [1.29, 1.82) is 0 Å². The Labute approximate surface area is 175 Å². The number of nitrogens with one attached hydrogen (secondary N) is 2. The second-order valence-corrected chi connectivity index (χ2v) is 6.28. The summed E-state index contributed by atoms with van der Waals surface area (Å²) in [7, 11) is 0. The van der Waals surface area contributed by atoms with Gasteiger partial charge in [-0.1, -0.05) is 23.7 Å². The lowest BCUT2D eigenvalue weighted by molar-refractivity contribution is -0.384. The third kappa shape index (κ3) is 6.67. The van der Waals surface area contributed by atoms with Crippen molar-refractivity contribution >= 4 is 40.9 Å². The van der Waals surface area contributed by atoms with Crippen LogP contribution >= 0.6 is 11.6 Å². The maximum atomic E-state index is 11.9. The number of ether oxygens (including phenoxy) is 1. The second-order valence-electron chi connectivity index (χ2n) is 5.87. The lowest BCUT2D eigenvalue weighted by Crippen LogP contribution is -2.41. The zero-order chi connectivity index (χ0) is 22.1.